The van der Waals surface area contributed by atoms with Gasteiger partial charge in [-0.15, -0.1) is 0 Å². The van der Waals surface area contributed by atoms with E-state index in [-0.39, 0.29) is 11.8 Å². The van der Waals surface area contributed by atoms with Crippen LogP contribution >= 0.6 is 0 Å². The van der Waals surface area contributed by atoms with E-state index in [0.717, 1.165) is 16.8 Å². The molecule has 3 atom stereocenters. The monoisotopic (exact) mass is 508 g/mol. The number of fused-ring (bicyclic) bond motifs is 1. The molecule has 0 N–H and O–H groups in total. The highest BCUT2D eigenvalue weighted by molar-refractivity contribution is 6.24. The largest absolute Gasteiger partial charge is 0.422 e. The molecule has 2 aliphatic rings. The number of esters is 1. The van der Waals surface area contributed by atoms with Crippen molar-refractivity contribution in [2.45, 2.75) is 19.1 Å². The number of imide groups is 1. The Kier molecular flexibility index (Phi) is 5.77. The molecule has 0 unspecified atom stereocenters. The molecule has 2 saturated heterocycles. The van der Waals surface area contributed by atoms with E-state index in [2.05, 4.69) is 5.10 Å². The molecule has 38 heavy (non-hydrogen) atoms. The molecule has 2 fully saturated rings. The Morgan fingerprint density at radius 3 is 2.29 bits per heavy atom. The number of nitrogens with zero attached hydrogens (tertiary/aromatic N) is 4. The predicted molar refractivity (Wildman–Crippen MR) is 138 cm³/mol. The van der Waals surface area contributed by atoms with Gasteiger partial charge in [-0.3, -0.25) is 19.1 Å². The summed E-state index contributed by atoms with van der Waals surface area (Å²) in [5.41, 5.74) is 3.17. The average Bonchev–Trinajstić information content (AvgIpc) is 3.60. The lowest BCUT2D eigenvalue weighted by Gasteiger charge is -2.29. The van der Waals surface area contributed by atoms with Crippen molar-refractivity contribution in [3.8, 4) is 5.75 Å². The molecule has 0 spiro atoms. The molecule has 2 amide bonds. The van der Waals surface area contributed by atoms with E-state index in [9.17, 15) is 14.4 Å². The first kappa shape index (κ1) is 23.6. The minimum Gasteiger partial charge on any atom is -0.422 e. The fourth-order valence-corrected chi connectivity index (χ4v) is 5.07. The summed E-state index contributed by atoms with van der Waals surface area (Å²) in [7, 11) is 1.66. The Morgan fingerprint density at radius 2 is 1.61 bits per heavy atom. The molecule has 190 valence electrons. The Balaban J connectivity index is 1.34. The summed E-state index contributed by atoms with van der Waals surface area (Å²) in [4.78, 5) is 47.3. The number of amides is 2. The SMILES string of the molecule is Cc1ccccc1N1C(=O)[C@@H]2[C@H](ON(c3ccccc3)[C@@H]2c2ccc(OC(=O)c3ccnn3C)cc2)C1=O. The number of ether oxygens (including phenoxy) is 1. The van der Waals surface area contributed by atoms with Gasteiger partial charge in [0.25, 0.3) is 5.91 Å². The van der Waals surface area contributed by atoms with Crippen molar-refractivity contribution in [1.82, 2.24) is 9.78 Å². The zero-order valence-corrected chi connectivity index (χ0v) is 20.7. The number of hydrogen-bond donors (Lipinski definition) is 0. The number of carbonyl (C=O) groups is 3. The van der Waals surface area contributed by atoms with Crippen LogP contribution in [0.3, 0.4) is 0 Å². The molecule has 1 aromatic heterocycles. The van der Waals surface area contributed by atoms with E-state index in [1.807, 2.05) is 49.4 Å². The van der Waals surface area contributed by atoms with Crippen molar-refractivity contribution in [3.63, 3.8) is 0 Å². The molecule has 6 rings (SSSR count). The van der Waals surface area contributed by atoms with Gasteiger partial charge in [0, 0.05) is 13.2 Å². The van der Waals surface area contributed by atoms with Crippen LogP contribution in [0.25, 0.3) is 0 Å². The number of hydrogen-bond acceptors (Lipinski definition) is 7. The first-order chi connectivity index (χ1) is 18.4. The zero-order valence-electron chi connectivity index (χ0n) is 20.7. The molecule has 2 aliphatic heterocycles. The van der Waals surface area contributed by atoms with E-state index >= 15 is 0 Å². The second-order valence-electron chi connectivity index (χ2n) is 9.25. The molecule has 3 heterocycles. The molecule has 3 aromatic carbocycles. The number of para-hydroxylation sites is 2. The molecule has 0 radical (unpaired) electrons. The van der Waals surface area contributed by atoms with Crippen LogP contribution in [-0.4, -0.2) is 33.7 Å². The number of hydroxylamine groups is 1. The number of aromatic nitrogens is 2. The Morgan fingerprint density at radius 1 is 0.895 bits per heavy atom. The summed E-state index contributed by atoms with van der Waals surface area (Å²) in [6.45, 7) is 1.87. The summed E-state index contributed by atoms with van der Waals surface area (Å²) in [5.74, 6) is -1.65. The van der Waals surface area contributed by atoms with Gasteiger partial charge in [-0.2, -0.15) is 5.10 Å². The quantitative estimate of drug-likeness (QED) is 0.229. The van der Waals surface area contributed by atoms with Gasteiger partial charge in [-0.25, -0.2) is 14.8 Å². The lowest BCUT2D eigenvalue weighted by Crippen LogP contribution is -2.37. The minimum atomic E-state index is -0.963. The molecule has 9 heteroatoms. The highest BCUT2D eigenvalue weighted by Gasteiger charge is 2.60. The molecule has 0 saturated carbocycles. The van der Waals surface area contributed by atoms with Gasteiger partial charge < -0.3 is 4.74 Å². The van der Waals surface area contributed by atoms with Crippen LogP contribution in [0.5, 0.6) is 5.75 Å². The Hall–Kier alpha value is -4.76. The van der Waals surface area contributed by atoms with Crippen molar-refractivity contribution >= 4 is 29.2 Å². The summed E-state index contributed by atoms with van der Waals surface area (Å²) in [6, 6.07) is 24.6. The van der Waals surface area contributed by atoms with Crippen LogP contribution in [0.15, 0.2) is 91.1 Å². The molecule has 9 nitrogen and oxygen atoms in total. The number of rotatable bonds is 5. The van der Waals surface area contributed by atoms with Gasteiger partial charge in [-0.05, 0) is 54.4 Å². The minimum absolute atomic E-state index is 0.315. The van der Waals surface area contributed by atoms with Crippen molar-refractivity contribution in [2.24, 2.45) is 13.0 Å². The lowest BCUT2D eigenvalue weighted by molar-refractivity contribution is -0.126. The summed E-state index contributed by atoms with van der Waals surface area (Å²) in [6.07, 6.45) is 0.559. The van der Waals surface area contributed by atoms with Crippen LogP contribution in [0, 0.1) is 12.8 Å². The molecule has 4 aromatic rings. The standard InChI is InChI=1S/C29H24N4O5/c1-18-8-6-7-11-22(18)32-27(34)24-25(33(38-26(24)28(32)35)20-9-4-3-5-10-20)19-12-14-21(15-13-19)37-29(36)23-16-17-30-31(23)2/h3-17,24-26H,1-2H3/t24-,25+,26-/m0/s1. The number of benzene rings is 3. The third-order valence-corrected chi connectivity index (χ3v) is 6.94. The van der Waals surface area contributed by atoms with Gasteiger partial charge in [0.05, 0.1) is 17.4 Å². The van der Waals surface area contributed by atoms with Crippen LogP contribution in [0.2, 0.25) is 0 Å². The van der Waals surface area contributed by atoms with Crippen molar-refractivity contribution in [3.05, 3.63) is 108 Å². The third kappa shape index (κ3) is 3.84. The third-order valence-electron chi connectivity index (χ3n) is 6.94. The first-order valence-electron chi connectivity index (χ1n) is 12.2. The fraction of sp³-hybridized carbons (Fsp3) is 0.172. The fourth-order valence-electron chi connectivity index (χ4n) is 5.07. The van der Waals surface area contributed by atoms with Gasteiger partial charge in [-0.1, -0.05) is 48.5 Å². The van der Waals surface area contributed by atoms with E-state index in [1.165, 1.54) is 15.8 Å². The van der Waals surface area contributed by atoms with Gasteiger partial charge >= 0.3 is 5.97 Å². The van der Waals surface area contributed by atoms with Crippen LogP contribution in [0.4, 0.5) is 11.4 Å². The van der Waals surface area contributed by atoms with Crippen LogP contribution in [-0.2, 0) is 21.5 Å². The maximum Gasteiger partial charge on any atom is 0.361 e. The Bertz CT molecular complexity index is 1530. The van der Waals surface area contributed by atoms with Crippen LogP contribution < -0.4 is 14.7 Å². The summed E-state index contributed by atoms with van der Waals surface area (Å²) in [5, 5.41) is 5.63. The van der Waals surface area contributed by atoms with Crippen molar-refractivity contribution in [2.75, 3.05) is 9.96 Å². The average molecular weight is 509 g/mol. The first-order valence-corrected chi connectivity index (χ1v) is 12.2. The topological polar surface area (TPSA) is 94.0 Å². The van der Waals surface area contributed by atoms with Crippen molar-refractivity contribution in [1.29, 1.82) is 0 Å². The summed E-state index contributed by atoms with van der Waals surface area (Å²) >= 11 is 0. The van der Waals surface area contributed by atoms with Crippen LogP contribution in [0.1, 0.15) is 27.7 Å². The summed E-state index contributed by atoms with van der Waals surface area (Å²) < 4.78 is 6.95. The molecule has 0 aliphatic carbocycles. The second kappa shape index (κ2) is 9.28. The number of anilines is 2. The lowest BCUT2D eigenvalue weighted by atomic mass is 9.90. The number of carbonyl (C=O) groups excluding carboxylic acids is 3. The maximum absolute atomic E-state index is 13.8. The van der Waals surface area contributed by atoms with Gasteiger partial charge in [0.2, 0.25) is 5.91 Å². The normalized spacial score (nSPS) is 20.6. The number of aryl methyl sites for hydroxylation is 2. The van der Waals surface area contributed by atoms with Gasteiger partial charge in [0.1, 0.15) is 17.4 Å². The van der Waals surface area contributed by atoms with E-state index in [1.54, 1.807) is 54.6 Å². The van der Waals surface area contributed by atoms with E-state index in [0.29, 0.717) is 17.1 Å². The smallest absolute Gasteiger partial charge is 0.361 e. The highest BCUT2D eigenvalue weighted by Crippen LogP contribution is 2.48. The van der Waals surface area contributed by atoms with E-state index in [4.69, 9.17) is 9.57 Å². The molecular weight excluding hydrogens is 484 g/mol. The second-order valence-corrected chi connectivity index (χ2v) is 9.25. The highest BCUT2D eigenvalue weighted by atomic mass is 16.7. The Labute approximate surface area is 218 Å². The predicted octanol–water partition coefficient (Wildman–Crippen LogP) is 4.00. The molecule has 0 bridgehead atoms. The van der Waals surface area contributed by atoms with Gasteiger partial charge in [0.15, 0.2) is 6.10 Å². The molecular formula is C29H24N4O5. The van der Waals surface area contributed by atoms with Crippen molar-refractivity contribution < 1.29 is 24.0 Å². The zero-order chi connectivity index (χ0) is 26.4. The van der Waals surface area contributed by atoms with E-state index < -0.39 is 24.0 Å². The maximum atomic E-state index is 13.8.